The van der Waals surface area contributed by atoms with Gasteiger partial charge in [-0.3, -0.25) is 0 Å². The summed E-state index contributed by atoms with van der Waals surface area (Å²) in [6, 6.07) is 22.1. The maximum Gasteiger partial charge on any atom is 0.0314 e. The van der Waals surface area contributed by atoms with Crippen molar-refractivity contribution in [3.8, 4) is 0 Å². The summed E-state index contributed by atoms with van der Waals surface area (Å²) in [5.41, 5.74) is 18.0. The number of hydrogen-bond donors (Lipinski definition) is 1. The van der Waals surface area contributed by atoms with E-state index in [1.165, 1.54) is 40.7 Å². The molecule has 1 heteroatoms. The van der Waals surface area contributed by atoms with Gasteiger partial charge in [0.05, 0.1) is 0 Å². The lowest BCUT2D eigenvalue weighted by Crippen LogP contribution is -2.34. The Morgan fingerprint density at radius 2 is 1.42 bits per heavy atom. The molecule has 1 aliphatic rings. The fourth-order valence-electron chi connectivity index (χ4n) is 5.38. The summed E-state index contributed by atoms with van der Waals surface area (Å²) in [5.74, 6) is 0.357. The lowest BCUT2D eigenvalue weighted by molar-refractivity contribution is 0.331. The van der Waals surface area contributed by atoms with Crippen molar-refractivity contribution in [2.24, 2.45) is 0 Å². The number of hydrogen-bond acceptors (Lipinski definition) is 1. The van der Waals surface area contributed by atoms with E-state index in [1.807, 2.05) is 12.1 Å². The lowest BCUT2D eigenvalue weighted by Gasteiger charge is -2.42. The zero-order valence-corrected chi connectivity index (χ0v) is 21.3. The van der Waals surface area contributed by atoms with Crippen molar-refractivity contribution in [1.82, 2.24) is 0 Å². The van der Waals surface area contributed by atoms with Crippen molar-refractivity contribution >= 4 is 11.3 Å². The molecule has 0 saturated heterocycles. The van der Waals surface area contributed by atoms with E-state index in [4.69, 9.17) is 5.73 Å². The molecule has 3 aromatic carbocycles. The molecule has 1 nitrogen and oxygen atoms in total. The van der Waals surface area contributed by atoms with E-state index in [2.05, 4.69) is 96.7 Å². The van der Waals surface area contributed by atoms with E-state index >= 15 is 0 Å². The Balaban J connectivity index is 1.59. The predicted octanol–water partition coefficient (Wildman–Crippen LogP) is 8.33. The van der Waals surface area contributed by atoms with Gasteiger partial charge >= 0.3 is 0 Å². The predicted molar refractivity (Wildman–Crippen MR) is 144 cm³/mol. The summed E-state index contributed by atoms with van der Waals surface area (Å²) >= 11 is 0. The molecule has 2 N–H and O–H groups in total. The number of allylic oxidation sites excluding steroid dienone is 1. The Hall–Kier alpha value is -2.80. The third-order valence-corrected chi connectivity index (χ3v) is 7.92. The minimum Gasteiger partial charge on any atom is -0.399 e. The molecule has 0 spiro atoms. The summed E-state index contributed by atoms with van der Waals surface area (Å²) in [6.07, 6.45) is 3.34. The normalized spacial score (nSPS) is 17.3. The van der Waals surface area contributed by atoms with Crippen LogP contribution in [0.15, 0.2) is 67.2 Å². The average Bonchev–Trinajstić information content (AvgIpc) is 2.78. The van der Waals surface area contributed by atoms with Crippen molar-refractivity contribution in [2.75, 3.05) is 5.73 Å². The van der Waals surface area contributed by atoms with E-state index in [9.17, 15) is 0 Å². The molecule has 33 heavy (non-hydrogen) atoms. The highest BCUT2D eigenvalue weighted by molar-refractivity contribution is 5.66. The van der Waals surface area contributed by atoms with Crippen LogP contribution >= 0.6 is 0 Å². The molecular formula is C32H39N. The Morgan fingerprint density at radius 1 is 0.879 bits per heavy atom. The van der Waals surface area contributed by atoms with Crippen molar-refractivity contribution in [1.29, 1.82) is 0 Å². The summed E-state index contributed by atoms with van der Waals surface area (Å²) in [5, 5.41) is 0. The number of anilines is 1. The molecule has 0 aliphatic heterocycles. The van der Waals surface area contributed by atoms with Crippen LogP contribution in [0, 0.1) is 6.92 Å². The van der Waals surface area contributed by atoms with Crippen LogP contribution in [0.5, 0.6) is 0 Å². The average molecular weight is 438 g/mol. The highest BCUT2D eigenvalue weighted by Crippen LogP contribution is 2.47. The van der Waals surface area contributed by atoms with Gasteiger partial charge < -0.3 is 5.73 Å². The van der Waals surface area contributed by atoms with Gasteiger partial charge in [-0.1, -0.05) is 89.7 Å². The fraction of sp³-hybridized carbons (Fsp3) is 0.375. The second-order valence-electron chi connectivity index (χ2n) is 11.4. The van der Waals surface area contributed by atoms with Crippen molar-refractivity contribution < 1.29 is 0 Å². The zero-order chi connectivity index (χ0) is 24.0. The second kappa shape index (κ2) is 8.52. The van der Waals surface area contributed by atoms with Crippen LogP contribution in [0.1, 0.15) is 92.3 Å². The van der Waals surface area contributed by atoms with Gasteiger partial charge in [-0.25, -0.2) is 0 Å². The molecule has 1 unspecified atom stereocenters. The highest BCUT2D eigenvalue weighted by atomic mass is 14.5. The largest absolute Gasteiger partial charge is 0.399 e. The number of nitrogen functional groups attached to an aromatic ring is 1. The number of benzene rings is 3. The van der Waals surface area contributed by atoms with Crippen molar-refractivity contribution in [2.45, 2.75) is 77.6 Å². The van der Waals surface area contributed by atoms with Gasteiger partial charge in [0.25, 0.3) is 0 Å². The van der Waals surface area contributed by atoms with Crippen LogP contribution in [0.25, 0.3) is 5.57 Å². The zero-order valence-electron chi connectivity index (χ0n) is 21.3. The Morgan fingerprint density at radius 3 is 2.00 bits per heavy atom. The molecule has 172 valence electrons. The van der Waals surface area contributed by atoms with E-state index in [1.54, 1.807) is 11.1 Å². The van der Waals surface area contributed by atoms with Gasteiger partial charge in [0.2, 0.25) is 0 Å². The van der Waals surface area contributed by atoms with E-state index in [-0.39, 0.29) is 10.8 Å². The van der Waals surface area contributed by atoms with E-state index < -0.39 is 0 Å². The molecule has 0 fully saturated rings. The van der Waals surface area contributed by atoms with Crippen molar-refractivity contribution in [3.05, 3.63) is 106 Å². The van der Waals surface area contributed by atoms with Gasteiger partial charge in [0.1, 0.15) is 0 Å². The molecule has 0 aromatic heterocycles. The molecule has 0 saturated carbocycles. The standard InChI is InChI=1S/C32H39N/c1-21(18-24-8-14-27(33)15-9-24)25-10-12-26(13-11-25)23(3)28-20-30-29(19-22(28)2)31(4,5)16-17-32(30,6)7/h8-15,19-20,23H,1,16-18,33H2,2-7H3. The molecule has 3 aromatic rings. The third-order valence-electron chi connectivity index (χ3n) is 7.92. The maximum atomic E-state index is 5.82. The van der Waals surface area contributed by atoms with E-state index in [0.29, 0.717) is 5.92 Å². The van der Waals surface area contributed by atoms with Crippen LogP contribution in [-0.4, -0.2) is 0 Å². The highest BCUT2D eigenvalue weighted by Gasteiger charge is 2.37. The molecule has 0 heterocycles. The molecular weight excluding hydrogens is 398 g/mol. The SMILES string of the molecule is C=C(Cc1ccc(N)cc1)c1ccc(C(C)c2cc3c(cc2C)C(C)(C)CCC3(C)C)cc1. The summed E-state index contributed by atoms with van der Waals surface area (Å²) in [6.45, 7) is 18.6. The molecule has 1 atom stereocenters. The molecule has 1 aliphatic carbocycles. The quantitative estimate of drug-likeness (QED) is 0.399. The number of nitrogens with two attached hydrogens (primary N) is 1. The van der Waals surface area contributed by atoms with Crippen LogP contribution in [0.4, 0.5) is 5.69 Å². The number of fused-ring (bicyclic) bond motifs is 1. The summed E-state index contributed by atoms with van der Waals surface area (Å²) in [7, 11) is 0. The molecule has 0 amide bonds. The maximum absolute atomic E-state index is 5.82. The first-order valence-corrected chi connectivity index (χ1v) is 12.3. The fourth-order valence-corrected chi connectivity index (χ4v) is 5.38. The minimum atomic E-state index is 0.233. The first kappa shape index (κ1) is 23.4. The monoisotopic (exact) mass is 437 g/mol. The van der Waals surface area contributed by atoms with Crippen molar-refractivity contribution in [3.63, 3.8) is 0 Å². The Kier molecular flexibility index (Phi) is 6.03. The van der Waals surface area contributed by atoms with Crippen LogP contribution in [0.2, 0.25) is 0 Å². The molecule has 0 bridgehead atoms. The Labute approximate surface area is 200 Å². The molecule has 0 radical (unpaired) electrons. The third kappa shape index (κ3) is 4.64. The van der Waals surface area contributed by atoms with Gasteiger partial charge in [-0.15, -0.1) is 0 Å². The Bertz CT molecular complexity index is 1160. The van der Waals surface area contributed by atoms with Gasteiger partial charge in [-0.2, -0.15) is 0 Å². The van der Waals surface area contributed by atoms with E-state index in [0.717, 1.165) is 17.7 Å². The first-order chi connectivity index (χ1) is 15.5. The topological polar surface area (TPSA) is 26.0 Å². The number of aryl methyl sites for hydroxylation is 1. The smallest absolute Gasteiger partial charge is 0.0314 e. The first-order valence-electron chi connectivity index (χ1n) is 12.3. The van der Waals surface area contributed by atoms with Crippen LogP contribution < -0.4 is 5.73 Å². The summed E-state index contributed by atoms with van der Waals surface area (Å²) < 4.78 is 0. The second-order valence-corrected chi connectivity index (χ2v) is 11.4. The lowest BCUT2D eigenvalue weighted by atomic mass is 9.62. The van der Waals surface area contributed by atoms with Gasteiger partial charge in [0, 0.05) is 11.6 Å². The minimum absolute atomic E-state index is 0.233. The van der Waals surface area contributed by atoms with Crippen LogP contribution in [0.3, 0.4) is 0 Å². The van der Waals surface area contributed by atoms with Gasteiger partial charge in [0.15, 0.2) is 0 Å². The number of rotatable bonds is 5. The van der Waals surface area contributed by atoms with Gasteiger partial charge in [-0.05, 0) is 93.7 Å². The molecule has 4 rings (SSSR count). The summed E-state index contributed by atoms with van der Waals surface area (Å²) in [4.78, 5) is 0. The van der Waals surface area contributed by atoms with Crippen LogP contribution in [-0.2, 0) is 17.3 Å².